The third kappa shape index (κ3) is 2.42. The van der Waals surface area contributed by atoms with Gasteiger partial charge in [-0.3, -0.25) is 0 Å². The second-order valence-electron chi connectivity index (χ2n) is 4.74. The van der Waals surface area contributed by atoms with Gasteiger partial charge in [-0.25, -0.2) is 4.68 Å². The molecule has 0 saturated carbocycles. The molecule has 5 heteroatoms. The molecule has 2 N–H and O–H groups in total. The van der Waals surface area contributed by atoms with Crippen molar-refractivity contribution in [3.05, 3.63) is 36.0 Å². The van der Waals surface area contributed by atoms with Gasteiger partial charge in [0.05, 0.1) is 24.6 Å². The van der Waals surface area contributed by atoms with E-state index in [4.69, 9.17) is 10.5 Å². The average Bonchev–Trinajstić information content (AvgIpc) is 2.79. The first-order valence-electron chi connectivity index (χ1n) is 6.49. The van der Waals surface area contributed by atoms with Crippen LogP contribution in [0.5, 0.6) is 0 Å². The Bertz CT molecular complexity index is 573. The van der Waals surface area contributed by atoms with Gasteiger partial charge in [-0.15, -0.1) is 0 Å². The summed E-state index contributed by atoms with van der Waals surface area (Å²) < 4.78 is 7.16. The van der Waals surface area contributed by atoms with Gasteiger partial charge in [0.1, 0.15) is 5.82 Å². The first-order valence-corrected chi connectivity index (χ1v) is 6.49. The number of aromatic nitrogens is 2. The lowest BCUT2D eigenvalue weighted by atomic mass is 10.2. The molecular weight excluding hydrogens is 240 g/mol. The fourth-order valence-electron chi connectivity index (χ4n) is 2.37. The van der Waals surface area contributed by atoms with Crippen molar-refractivity contribution in [2.24, 2.45) is 0 Å². The average molecular weight is 258 g/mol. The van der Waals surface area contributed by atoms with Crippen molar-refractivity contribution in [3.63, 3.8) is 0 Å². The highest BCUT2D eigenvalue weighted by molar-refractivity contribution is 5.55. The van der Waals surface area contributed by atoms with Crippen LogP contribution in [0.25, 0.3) is 5.69 Å². The van der Waals surface area contributed by atoms with Gasteiger partial charge >= 0.3 is 0 Å². The number of nitrogen functional groups attached to an aromatic ring is 1. The maximum absolute atomic E-state index is 5.97. The Morgan fingerprint density at radius 3 is 2.58 bits per heavy atom. The van der Waals surface area contributed by atoms with Crippen LogP contribution in [0.1, 0.15) is 5.69 Å². The lowest BCUT2D eigenvalue weighted by molar-refractivity contribution is 0.122. The monoisotopic (exact) mass is 258 g/mol. The summed E-state index contributed by atoms with van der Waals surface area (Å²) in [5, 5.41) is 4.42. The summed E-state index contributed by atoms with van der Waals surface area (Å²) in [5.74, 6) is 0.664. The highest BCUT2D eigenvalue weighted by Crippen LogP contribution is 2.21. The van der Waals surface area contributed by atoms with Gasteiger partial charge < -0.3 is 15.4 Å². The molecule has 0 bridgehead atoms. The Kier molecular flexibility index (Phi) is 3.13. The van der Waals surface area contributed by atoms with Crippen LogP contribution in [-0.4, -0.2) is 36.1 Å². The molecule has 19 heavy (non-hydrogen) atoms. The van der Waals surface area contributed by atoms with E-state index in [2.05, 4.69) is 22.1 Å². The molecular formula is C14H18N4O. The summed E-state index contributed by atoms with van der Waals surface area (Å²) in [6.45, 7) is 5.37. The fourth-order valence-corrected chi connectivity index (χ4v) is 2.37. The smallest absolute Gasteiger partial charge is 0.127 e. The predicted molar refractivity (Wildman–Crippen MR) is 75.7 cm³/mol. The number of hydrogen-bond donors (Lipinski definition) is 1. The van der Waals surface area contributed by atoms with Crippen molar-refractivity contribution in [3.8, 4) is 5.69 Å². The third-order valence-electron chi connectivity index (χ3n) is 3.31. The van der Waals surface area contributed by atoms with Crippen LogP contribution in [-0.2, 0) is 4.74 Å². The highest BCUT2D eigenvalue weighted by Gasteiger charge is 2.12. The van der Waals surface area contributed by atoms with E-state index in [1.165, 1.54) is 5.69 Å². The molecule has 0 aliphatic carbocycles. The molecule has 3 rings (SSSR count). The Balaban J connectivity index is 1.93. The number of benzene rings is 1. The number of anilines is 2. The van der Waals surface area contributed by atoms with Gasteiger partial charge in [-0.1, -0.05) is 6.07 Å². The van der Waals surface area contributed by atoms with E-state index in [1.807, 2.05) is 25.1 Å². The second-order valence-corrected chi connectivity index (χ2v) is 4.74. The maximum atomic E-state index is 5.97. The SMILES string of the molecule is Cc1cc(N)n(-c2cccc(N3CCOCC3)c2)n1. The topological polar surface area (TPSA) is 56.3 Å². The Hall–Kier alpha value is -2.01. The predicted octanol–water partition coefficient (Wildman–Crippen LogP) is 1.60. The van der Waals surface area contributed by atoms with E-state index < -0.39 is 0 Å². The first kappa shape index (κ1) is 12.0. The summed E-state index contributed by atoms with van der Waals surface area (Å²) in [5.41, 5.74) is 9.08. The molecule has 1 saturated heterocycles. The summed E-state index contributed by atoms with van der Waals surface area (Å²) in [4.78, 5) is 2.32. The first-order chi connectivity index (χ1) is 9.24. The minimum Gasteiger partial charge on any atom is -0.384 e. The van der Waals surface area contributed by atoms with Gasteiger partial charge in [0, 0.05) is 24.8 Å². The van der Waals surface area contributed by atoms with E-state index in [0.29, 0.717) is 5.82 Å². The lowest BCUT2D eigenvalue weighted by Gasteiger charge is -2.29. The largest absolute Gasteiger partial charge is 0.384 e. The second kappa shape index (κ2) is 4.93. The molecule has 0 amide bonds. The van der Waals surface area contributed by atoms with Crippen LogP contribution in [0.3, 0.4) is 0 Å². The zero-order chi connectivity index (χ0) is 13.2. The van der Waals surface area contributed by atoms with Gasteiger partial charge in [0.25, 0.3) is 0 Å². The normalized spacial score (nSPS) is 15.7. The molecule has 2 heterocycles. The molecule has 0 radical (unpaired) electrons. The summed E-state index contributed by atoms with van der Waals surface area (Å²) in [6.07, 6.45) is 0. The minimum atomic E-state index is 0.664. The zero-order valence-electron chi connectivity index (χ0n) is 11.0. The van der Waals surface area contributed by atoms with Gasteiger partial charge in [0.2, 0.25) is 0 Å². The van der Waals surface area contributed by atoms with Gasteiger partial charge in [0.15, 0.2) is 0 Å². The summed E-state index contributed by atoms with van der Waals surface area (Å²) >= 11 is 0. The van der Waals surface area contributed by atoms with E-state index in [1.54, 1.807) is 4.68 Å². The molecule has 2 aromatic rings. The summed E-state index contributed by atoms with van der Waals surface area (Å²) in [7, 11) is 0. The van der Waals surface area contributed by atoms with Crippen molar-refractivity contribution in [2.45, 2.75) is 6.92 Å². The number of hydrogen-bond acceptors (Lipinski definition) is 4. The van der Waals surface area contributed by atoms with Gasteiger partial charge in [-0.05, 0) is 25.1 Å². The number of ether oxygens (including phenoxy) is 1. The lowest BCUT2D eigenvalue weighted by Crippen LogP contribution is -2.36. The van der Waals surface area contributed by atoms with Crippen LogP contribution in [0, 0.1) is 6.92 Å². The standard InChI is InChI=1S/C14H18N4O/c1-11-9-14(15)18(16-11)13-4-2-3-12(10-13)17-5-7-19-8-6-17/h2-4,9-10H,5-8,15H2,1H3. The molecule has 0 atom stereocenters. The molecule has 5 nitrogen and oxygen atoms in total. The van der Waals surface area contributed by atoms with Crippen LogP contribution >= 0.6 is 0 Å². The molecule has 100 valence electrons. The number of aryl methyl sites for hydroxylation is 1. The third-order valence-corrected chi connectivity index (χ3v) is 3.31. The molecule has 1 aliphatic heterocycles. The van der Waals surface area contributed by atoms with E-state index >= 15 is 0 Å². The highest BCUT2D eigenvalue weighted by atomic mass is 16.5. The van der Waals surface area contributed by atoms with Crippen LogP contribution in [0.4, 0.5) is 11.5 Å². The molecule has 1 aromatic carbocycles. The van der Waals surface area contributed by atoms with Crippen molar-refractivity contribution in [1.82, 2.24) is 9.78 Å². The number of nitrogens with two attached hydrogens (primary N) is 1. The quantitative estimate of drug-likeness (QED) is 0.889. The Morgan fingerprint density at radius 2 is 1.89 bits per heavy atom. The minimum absolute atomic E-state index is 0.664. The van der Waals surface area contributed by atoms with Crippen LogP contribution < -0.4 is 10.6 Å². The molecule has 1 aliphatic rings. The van der Waals surface area contributed by atoms with Crippen molar-refractivity contribution < 1.29 is 4.74 Å². The Labute approximate surface area is 112 Å². The van der Waals surface area contributed by atoms with E-state index in [0.717, 1.165) is 37.7 Å². The van der Waals surface area contributed by atoms with Crippen LogP contribution in [0.2, 0.25) is 0 Å². The van der Waals surface area contributed by atoms with Crippen molar-refractivity contribution >= 4 is 11.5 Å². The zero-order valence-corrected chi connectivity index (χ0v) is 11.0. The molecule has 1 fully saturated rings. The fraction of sp³-hybridized carbons (Fsp3) is 0.357. The molecule has 1 aromatic heterocycles. The van der Waals surface area contributed by atoms with Crippen LogP contribution in [0.15, 0.2) is 30.3 Å². The summed E-state index contributed by atoms with van der Waals surface area (Å²) in [6, 6.07) is 10.2. The maximum Gasteiger partial charge on any atom is 0.127 e. The van der Waals surface area contributed by atoms with Gasteiger partial charge in [-0.2, -0.15) is 5.10 Å². The number of rotatable bonds is 2. The number of morpholine rings is 1. The van der Waals surface area contributed by atoms with Crippen molar-refractivity contribution in [2.75, 3.05) is 36.9 Å². The molecule has 0 spiro atoms. The number of nitrogens with zero attached hydrogens (tertiary/aromatic N) is 3. The van der Waals surface area contributed by atoms with E-state index in [-0.39, 0.29) is 0 Å². The van der Waals surface area contributed by atoms with E-state index in [9.17, 15) is 0 Å². The molecule has 0 unspecified atom stereocenters. The van der Waals surface area contributed by atoms with Crippen molar-refractivity contribution in [1.29, 1.82) is 0 Å². The Morgan fingerprint density at radius 1 is 1.16 bits per heavy atom.